The number of nitrogens with one attached hydrogen (secondary N) is 1. The fraction of sp³-hybridized carbons (Fsp3) is 0.875. The molecule has 0 aromatic heterocycles. The highest BCUT2D eigenvalue weighted by Crippen LogP contribution is 2.12. The van der Waals surface area contributed by atoms with Crippen molar-refractivity contribution < 1.29 is 9.47 Å². The molecule has 0 atom stereocenters. The van der Waals surface area contributed by atoms with Gasteiger partial charge in [0.25, 0.3) is 0 Å². The molecule has 1 N–H and O–H groups in total. The van der Waals surface area contributed by atoms with Crippen LogP contribution in [0.1, 0.15) is 20.8 Å². The summed E-state index contributed by atoms with van der Waals surface area (Å²) in [6.07, 6.45) is 0. The Balaban J connectivity index is 3.35. The molecular formula is C8H17NO2. The molecule has 3 nitrogen and oxygen atoms in total. The average molecular weight is 159 g/mol. The van der Waals surface area contributed by atoms with Crippen LogP contribution in [0, 0.1) is 10.8 Å². The predicted molar refractivity (Wildman–Crippen MR) is 45.0 cm³/mol. The molecule has 66 valence electrons. The topological polar surface area (TPSA) is 42.3 Å². The van der Waals surface area contributed by atoms with Crippen molar-refractivity contribution in [1.29, 1.82) is 5.41 Å². The average Bonchev–Trinajstić information content (AvgIpc) is 1.85. The van der Waals surface area contributed by atoms with Crippen LogP contribution in [0.4, 0.5) is 0 Å². The molecule has 0 heterocycles. The molecule has 3 heteroatoms. The minimum atomic E-state index is 0.161. The zero-order valence-electron chi connectivity index (χ0n) is 7.73. The molecule has 0 aliphatic rings. The maximum Gasteiger partial charge on any atom is 0.206 e. The van der Waals surface area contributed by atoms with Gasteiger partial charge in [0.15, 0.2) is 0 Å². The molecule has 0 spiro atoms. The SMILES string of the molecule is COC(=N)COCC(C)(C)C. The van der Waals surface area contributed by atoms with Gasteiger partial charge in [-0.25, -0.2) is 0 Å². The van der Waals surface area contributed by atoms with E-state index in [-0.39, 0.29) is 17.9 Å². The molecule has 0 aromatic carbocycles. The van der Waals surface area contributed by atoms with E-state index in [2.05, 4.69) is 25.5 Å². The smallest absolute Gasteiger partial charge is 0.206 e. The predicted octanol–water partition coefficient (Wildman–Crippen LogP) is 1.67. The number of ether oxygens (including phenoxy) is 2. The Labute approximate surface area is 68.2 Å². The molecule has 0 saturated carbocycles. The summed E-state index contributed by atoms with van der Waals surface area (Å²) in [5.41, 5.74) is 0.161. The van der Waals surface area contributed by atoms with E-state index in [4.69, 9.17) is 10.1 Å². The van der Waals surface area contributed by atoms with Crippen LogP contribution in [0.25, 0.3) is 0 Å². The minimum absolute atomic E-state index is 0.161. The molecule has 11 heavy (non-hydrogen) atoms. The summed E-state index contributed by atoms with van der Waals surface area (Å²) in [5.74, 6) is 0.175. The molecule has 0 fully saturated rings. The van der Waals surface area contributed by atoms with Gasteiger partial charge in [-0.1, -0.05) is 20.8 Å². The Morgan fingerprint density at radius 2 is 1.91 bits per heavy atom. The van der Waals surface area contributed by atoms with E-state index in [1.807, 2.05) is 0 Å². The van der Waals surface area contributed by atoms with Crippen molar-refractivity contribution in [3.63, 3.8) is 0 Å². The lowest BCUT2D eigenvalue weighted by Gasteiger charge is -2.17. The molecular weight excluding hydrogens is 142 g/mol. The fourth-order valence-electron chi connectivity index (χ4n) is 0.509. The van der Waals surface area contributed by atoms with Gasteiger partial charge in [0.2, 0.25) is 5.90 Å². The quantitative estimate of drug-likeness (QED) is 0.502. The van der Waals surface area contributed by atoms with Gasteiger partial charge in [0.05, 0.1) is 13.7 Å². The molecule has 0 aromatic rings. The van der Waals surface area contributed by atoms with Gasteiger partial charge in [-0.3, -0.25) is 5.41 Å². The normalized spacial score (nSPS) is 11.3. The molecule has 0 bridgehead atoms. The number of hydrogen-bond acceptors (Lipinski definition) is 3. The number of methoxy groups -OCH3 is 1. The second-order valence-corrected chi connectivity index (χ2v) is 3.68. The maximum absolute atomic E-state index is 7.10. The van der Waals surface area contributed by atoms with E-state index in [0.29, 0.717) is 6.61 Å². The third-order valence-corrected chi connectivity index (χ3v) is 1.01. The lowest BCUT2D eigenvalue weighted by molar-refractivity contribution is 0.0886. The molecule has 0 radical (unpaired) electrons. The second-order valence-electron chi connectivity index (χ2n) is 3.68. The van der Waals surface area contributed by atoms with Gasteiger partial charge < -0.3 is 9.47 Å². The Kier molecular flexibility index (Phi) is 4.11. The maximum atomic E-state index is 7.10. The Morgan fingerprint density at radius 1 is 1.36 bits per heavy atom. The van der Waals surface area contributed by atoms with Crippen LogP contribution in [0.2, 0.25) is 0 Å². The zero-order valence-corrected chi connectivity index (χ0v) is 7.73. The van der Waals surface area contributed by atoms with Gasteiger partial charge >= 0.3 is 0 Å². The monoisotopic (exact) mass is 159 g/mol. The van der Waals surface area contributed by atoms with E-state index in [9.17, 15) is 0 Å². The summed E-state index contributed by atoms with van der Waals surface area (Å²) in [6, 6.07) is 0. The summed E-state index contributed by atoms with van der Waals surface area (Å²) in [6.45, 7) is 7.18. The standard InChI is InChI=1S/C8H17NO2/c1-8(2,3)6-11-5-7(9)10-4/h9H,5-6H2,1-4H3. The van der Waals surface area contributed by atoms with Crippen LogP contribution in [0.5, 0.6) is 0 Å². The molecule has 0 rings (SSSR count). The first-order chi connectivity index (χ1) is 4.95. The molecule has 0 aliphatic heterocycles. The summed E-state index contributed by atoms with van der Waals surface area (Å²) < 4.78 is 9.82. The zero-order chi connectivity index (χ0) is 8.91. The highest BCUT2D eigenvalue weighted by Gasteiger charge is 2.10. The highest BCUT2D eigenvalue weighted by molar-refractivity contribution is 5.73. The molecule has 0 saturated heterocycles. The van der Waals surface area contributed by atoms with Crippen LogP contribution < -0.4 is 0 Å². The third kappa shape index (κ3) is 7.33. The fourth-order valence-corrected chi connectivity index (χ4v) is 0.509. The van der Waals surface area contributed by atoms with Crippen molar-refractivity contribution in [3.05, 3.63) is 0 Å². The van der Waals surface area contributed by atoms with Crippen LogP contribution >= 0.6 is 0 Å². The molecule has 0 aliphatic carbocycles. The van der Waals surface area contributed by atoms with Crippen molar-refractivity contribution in [2.45, 2.75) is 20.8 Å². The van der Waals surface area contributed by atoms with E-state index in [0.717, 1.165) is 0 Å². The second kappa shape index (κ2) is 4.34. The lowest BCUT2D eigenvalue weighted by Crippen LogP contribution is -2.18. The first kappa shape index (κ1) is 10.4. The number of hydrogen-bond donors (Lipinski definition) is 1. The first-order valence-electron chi connectivity index (χ1n) is 3.65. The van der Waals surface area contributed by atoms with Gasteiger partial charge in [-0.15, -0.1) is 0 Å². The lowest BCUT2D eigenvalue weighted by atomic mass is 9.99. The van der Waals surface area contributed by atoms with Gasteiger partial charge in [0.1, 0.15) is 6.61 Å². The van der Waals surface area contributed by atoms with E-state index < -0.39 is 0 Å². The van der Waals surface area contributed by atoms with E-state index in [1.165, 1.54) is 7.11 Å². The first-order valence-corrected chi connectivity index (χ1v) is 3.65. The molecule has 0 amide bonds. The summed E-state index contributed by atoms with van der Waals surface area (Å²) in [4.78, 5) is 0. The van der Waals surface area contributed by atoms with E-state index in [1.54, 1.807) is 0 Å². The van der Waals surface area contributed by atoms with Crippen LogP contribution in [-0.2, 0) is 9.47 Å². The van der Waals surface area contributed by atoms with Gasteiger partial charge in [-0.05, 0) is 5.41 Å². The highest BCUT2D eigenvalue weighted by atomic mass is 16.5. The van der Waals surface area contributed by atoms with E-state index >= 15 is 0 Å². The number of rotatable bonds is 3. The van der Waals surface area contributed by atoms with Crippen molar-refractivity contribution in [2.75, 3.05) is 20.3 Å². The van der Waals surface area contributed by atoms with Crippen molar-refractivity contribution in [2.24, 2.45) is 5.41 Å². The molecule has 0 unspecified atom stereocenters. The summed E-state index contributed by atoms with van der Waals surface area (Å²) >= 11 is 0. The van der Waals surface area contributed by atoms with Gasteiger partial charge in [-0.2, -0.15) is 0 Å². The van der Waals surface area contributed by atoms with Crippen LogP contribution in [-0.4, -0.2) is 26.2 Å². The third-order valence-electron chi connectivity index (χ3n) is 1.01. The largest absolute Gasteiger partial charge is 0.483 e. The Bertz CT molecular complexity index is 127. The Morgan fingerprint density at radius 3 is 2.27 bits per heavy atom. The van der Waals surface area contributed by atoms with Crippen molar-refractivity contribution in [3.8, 4) is 0 Å². The van der Waals surface area contributed by atoms with Gasteiger partial charge in [0, 0.05) is 0 Å². The van der Waals surface area contributed by atoms with Crippen molar-refractivity contribution in [1.82, 2.24) is 0 Å². The minimum Gasteiger partial charge on any atom is -0.483 e. The Hall–Kier alpha value is -0.570. The summed E-state index contributed by atoms with van der Waals surface area (Å²) in [5, 5.41) is 7.10. The summed E-state index contributed by atoms with van der Waals surface area (Å²) in [7, 11) is 1.47. The van der Waals surface area contributed by atoms with Crippen molar-refractivity contribution >= 4 is 5.90 Å². The van der Waals surface area contributed by atoms with Crippen LogP contribution in [0.3, 0.4) is 0 Å². The van der Waals surface area contributed by atoms with Crippen LogP contribution in [0.15, 0.2) is 0 Å².